The van der Waals surface area contributed by atoms with Gasteiger partial charge >= 0.3 is 0 Å². The fraction of sp³-hybridized carbons (Fsp3) is 0.182. The summed E-state index contributed by atoms with van der Waals surface area (Å²) in [7, 11) is 1.58. The standard InChI is InChI=1S/C11H8Cl3N3O/c1-18-8-4-2-3-7(5-8)9-15-6-16-10(17-9)11(12,13)14/h2-6H,1H3. The van der Waals surface area contributed by atoms with Crippen molar-refractivity contribution in [2.45, 2.75) is 3.79 Å². The summed E-state index contributed by atoms with van der Waals surface area (Å²) >= 11 is 17.2. The Kier molecular flexibility index (Phi) is 3.90. The molecule has 18 heavy (non-hydrogen) atoms. The minimum Gasteiger partial charge on any atom is -0.497 e. The molecular formula is C11H8Cl3N3O. The molecule has 0 spiro atoms. The zero-order valence-electron chi connectivity index (χ0n) is 9.27. The van der Waals surface area contributed by atoms with Crippen molar-refractivity contribution in [2.75, 3.05) is 7.11 Å². The van der Waals surface area contributed by atoms with Crippen LogP contribution in [0.2, 0.25) is 0 Å². The largest absolute Gasteiger partial charge is 0.497 e. The minimum atomic E-state index is -1.67. The van der Waals surface area contributed by atoms with Gasteiger partial charge in [-0.1, -0.05) is 46.9 Å². The molecule has 0 bridgehead atoms. The maximum Gasteiger partial charge on any atom is 0.250 e. The molecule has 1 heterocycles. The summed E-state index contributed by atoms with van der Waals surface area (Å²) in [6.45, 7) is 0. The van der Waals surface area contributed by atoms with E-state index in [0.717, 1.165) is 5.56 Å². The van der Waals surface area contributed by atoms with E-state index in [9.17, 15) is 0 Å². The lowest BCUT2D eigenvalue weighted by molar-refractivity contribution is 0.415. The van der Waals surface area contributed by atoms with Crippen molar-refractivity contribution in [3.8, 4) is 17.1 Å². The van der Waals surface area contributed by atoms with Crippen LogP contribution in [0.3, 0.4) is 0 Å². The summed E-state index contributed by atoms with van der Waals surface area (Å²) < 4.78 is 3.45. The lowest BCUT2D eigenvalue weighted by atomic mass is 10.2. The molecule has 0 aliphatic rings. The molecule has 0 N–H and O–H groups in total. The third-order valence-electron chi connectivity index (χ3n) is 2.15. The van der Waals surface area contributed by atoms with Crippen LogP contribution in [0.1, 0.15) is 5.82 Å². The number of methoxy groups -OCH3 is 1. The van der Waals surface area contributed by atoms with Gasteiger partial charge in [0.2, 0.25) is 3.79 Å². The van der Waals surface area contributed by atoms with Gasteiger partial charge in [0.25, 0.3) is 0 Å². The van der Waals surface area contributed by atoms with Crippen molar-refractivity contribution in [2.24, 2.45) is 0 Å². The van der Waals surface area contributed by atoms with Crippen LogP contribution < -0.4 is 4.74 Å². The van der Waals surface area contributed by atoms with E-state index in [1.54, 1.807) is 13.2 Å². The van der Waals surface area contributed by atoms with Crippen LogP contribution in [0.25, 0.3) is 11.4 Å². The van der Waals surface area contributed by atoms with Crippen molar-refractivity contribution in [3.05, 3.63) is 36.4 Å². The molecule has 0 amide bonds. The zero-order chi connectivity index (χ0) is 13.2. The highest BCUT2D eigenvalue weighted by atomic mass is 35.6. The second kappa shape index (κ2) is 5.26. The minimum absolute atomic E-state index is 0.0836. The van der Waals surface area contributed by atoms with Crippen LogP contribution in [0, 0.1) is 0 Å². The van der Waals surface area contributed by atoms with Gasteiger partial charge in [0, 0.05) is 5.56 Å². The van der Waals surface area contributed by atoms with E-state index in [1.807, 2.05) is 18.2 Å². The van der Waals surface area contributed by atoms with Crippen molar-refractivity contribution in [1.29, 1.82) is 0 Å². The fourth-order valence-electron chi connectivity index (χ4n) is 1.33. The normalized spacial score (nSPS) is 11.3. The van der Waals surface area contributed by atoms with Crippen molar-refractivity contribution >= 4 is 34.8 Å². The topological polar surface area (TPSA) is 47.9 Å². The fourth-order valence-corrected chi connectivity index (χ4v) is 1.61. The molecule has 1 aromatic heterocycles. The second-order valence-electron chi connectivity index (χ2n) is 3.36. The number of rotatable bonds is 2. The van der Waals surface area contributed by atoms with Crippen LogP contribution >= 0.6 is 34.8 Å². The first-order valence-corrected chi connectivity index (χ1v) is 6.05. The third kappa shape index (κ3) is 3.02. The molecule has 1 aromatic carbocycles. The van der Waals surface area contributed by atoms with Gasteiger partial charge in [0.05, 0.1) is 7.11 Å². The Morgan fingerprint density at radius 1 is 1.17 bits per heavy atom. The molecule has 94 valence electrons. The first kappa shape index (κ1) is 13.3. The van der Waals surface area contributed by atoms with Gasteiger partial charge < -0.3 is 4.74 Å². The number of alkyl halides is 3. The molecule has 0 aliphatic heterocycles. The number of hydrogen-bond donors (Lipinski definition) is 0. The van der Waals surface area contributed by atoms with E-state index >= 15 is 0 Å². The summed E-state index contributed by atoms with van der Waals surface area (Å²) in [5.41, 5.74) is 0.757. The number of benzene rings is 1. The van der Waals surface area contributed by atoms with Gasteiger partial charge in [0.15, 0.2) is 11.6 Å². The summed E-state index contributed by atoms with van der Waals surface area (Å²) in [5, 5.41) is 0. The monoisotopic (exact) mass is 303 g/mol. The summed E-state index contributed by atoms with van der Waals surface area (Å²) in [6.07, 6.45) is 1.30. The lowest BCUT2D eigenvalue weighted by Gasteiger charge is -2.09. The summed E-state index contributed by atoms with van der Waals surface area (Å²) in [5.74, 6) is 1.20. The second-order valence-corrected chi connectivity index (χ2v) is 5.64. The quantitative estimate of drug-likeness (QED) is 0.798. The van der Waals surface area contributed by atoms with Crippen molar-refractivity contribution < 1.29 is 4.74 Å². The molecule has 2 rings (SSSR count). The Bertz CT molecular complexity index is 557. The Labute approximate surface area is 119 Å². The average Bonchev–Trinajstić information content (AvgIpc) is 2.38. The molecule has 0 radical (unpaired) electrons. The molecule has 0 aliphatic carbocycles. The maximum atomic E-state index is 5.73. The summed E-state index contributed by atoms with van der Waals surface area (Å²) in [4.78, 5) is 12.0. The van der Waals surface area contributed by atoms with Crippen LogP contribution in [0.15, 0.2) is 30.6 Å². The SMILES string of the molecule is COc1cccc(-c2ncnc(C(Cl)(Cl)Cl)n2)c1. The first-order chi connectivity index (χ1) is 8.50. The summed E-state index contributed by atoms with van der Waals surface area (Å²) in [6, 6.07) is 7.27. The van der Waals surface area contributed by atoms with Gasteiger partial charge in [-0.3, -0.25) is 0 Å². The van der Waals surface area contributed by atoms with E-state index in [0.29, 0.717) is 11.6 Å². The Morgan fingerprint density at radius 2 is 1.94 bits per heavy atom. The van der Waals surface area contributed by atoms with Gasteiger partial charge in [-0.15, -0.1) is 0 Å². The van der Waals surface area contributed by atoms with E-state index in [2.05, 4.69) is 15.0 Å². The lowest BCUT2D eigenvalue weighted by Crippen LogP contribution is -2.08. The van der Waals surface area contributed by atoms with Crippen LogP contribution in [0.5, 0.6) is 5.75 Å². The number of halogens is 3. The maximum absolute atomic E-state index is 5.73. The molecule has 0 fully saturated rings. The number of nitrogens with zero attached hydrogens (tertiary/aromatic N) is 3. The Morgan fingerprint density at radius 3 is 2.61 bits per heavy atom. The number of aromatic nitrogens is 3. The molecule has 0 unspecified atom stereocenters. The van der Waals surface area contributed by atoms with E-state index in [-0.39, 0.29) is 5.82 Å². The van der Waals surface area contributed by atoms with Crippen LogP contribution in [0.4, 0.5) is 0 Å². The molecule has 0 saturated carbocycles. The first-order valence-electron chi connectivity index (χ1n) is 4.91. The zero-order valence-corrected chi connectivity index (χ0v) is 11.5. The van der Waals surface area contributed by atoms with E-state index in [4.69, 9.17) is 39.5 Å². The van der Waals surface area contributed by atoms with Gasteiger partial charge in [0.1, 0.15) is 12.1 Å². The van der Waals surface area contributed by atoms with Crippen LogP contribution in [-0.2, 0) is 3.79 Å². The Hall–Kier alpha value is -1.10. The van der Waals surface area contributed by atoms with E-state index in [1.165, 1.54) is 6.33 Å². The smallest absolute Gasteiger partial charge is 0.250 e. The molecule has 0 saturated heterocycles. The molecule has 7 heteroatoms. The van der Waals surface area contributed by atoms with Crippen LogP contribution in [-0.4, -0.2) is 22.1 Å². The third-order valence-corrected chi connectivity index (χ3v) is 2.66. The number of ether oxygens (including phenoxy) is 1. The Balaban J connectivity index is 2.44. The highest BCUT2D eigenvalue weighted by Crippen LogP contribution is 2.36. The molecular weight excluding hydrogens is 296 g/mol. The average molecular weight is 305 g/mol. The molecule has 0 atom stereocenters. The predicted molar refractivity (Wildman–Crippen MR) is 71.1 cm³/mol. The molecule has 2 aromatic rings. The van der Waals surface area contributed by atoms with Gasteiger partial charge in [-0.05, 0) is 12.1 Å². The van der Waals surface area contributed by atoms with E-state index < -0.39 is 3.79 Å². The van der Waals surface area contributed by atoms with Crippen molar-refractivity contribution in [3.63, 3.8) is 0 Å². The highest BCUT2D eigenvalue weighted by molar-refractivity contribution is 6.66. The highest BCUT2D eigenvalue weighted by Gasteiger charge is 2.27. The van der Waals surface area contributed by atoms with Gasteiger partial charge in [-0.25, -0.2) is 15.0 Å². The number of hydrogen-bond acceptors (Lipinski definition) is 4. The molecule has 4 nitrogen and oxygen atoms in total. The van der Waals surface area contributed by atoms with Gasteiger partial charge in [-0.2, -0.15) is 0 Å². The predicted octanol–water partition coefficient (Wildman–Crippen LogP) is 3.37. The van der Waals surface area contributed by atoms with Crippen molar-refractivity contribution in [1.82, 2.24) is 15.0 Å².